The zero-order valence-electron chi connectivity index (χ0n) is 12.2. The molecule has 2 fully saturated rings. The van der Waals surface area contributed by atoms with Gasteiger partial charge in [0, 0.05) is 30.9 Å². The number of rotatable bonds is 3. The summed E-state index contributed by atoms with van der Waals surface area (Å²) in [5, 5.41) is 3.85. The normalized spacial score (nSPS) is 24.9. The van der Waals surface area contributed by atoms with Crippen LogP contribution in [0.25, 0.3) is 0 Å². The Hall–Kier alpha value is -1.09. The van der Waals surface area contributed by atoms with Crippen LogP contribution in [-0.2, 0) is 0 Å². The molecular formula is C17H25FN2. The van der Waals surface area contributed by atoms with Crippen LogP contribution in [0.3, 0.4) is 0 Å². The number of anilines is 1. The summed E-state index contributed by atoms with van der Waals surface area (Å²) >= 11 is 0. The predicted octanol–water partition coefficient (Wildman–Crippen LogP) is 3.72. The molecule has 1 aliphatic carbocycles. The van der Waals surface area contributed by atoms with Crippen molar-refractivity contribution < 1.29 is 4.39 Å². The summed E-state index contributed by atoms with van der Waals surface area (Å²) in [4.78, 5) is 2.39. The minimum Gasteiger partial charge on any atom is -0.370 e. The van der Waals surface area contributed by atoms with Gasteiger partial charge in [0.1, 0.15) is 5.82 Å². The fourth-order valence-corrected chi connectivity index (χ4v) is 3.60. The van der Waals surface area contributed by atoms with Gasteiger partial charge < -0.3 is 10.2 Å². The average molecular weight is 276 g/mol. The second kappa shape index (κ2) is 6.57. The Morgan fingerprint density at radius 1 is 0.900 bits per heavy atom. The van der Waals surface area contributed by atoms with E-state index in [0.29, 0.717) is 6.04 Å². The van der Waals surface area contributed by atoms with Crippen LogP contribution in [0, 0.1) is 5.82 Å². The van der Waals surface area contributed by atoms with Crippen molar-refractivity contribution in [1.82, 2.24) is 5.32 Å². The summed E-state index contributed by atoms with van der Waals surface area (Å²) in [6, 6.07) is 8.25. The van der Waals surface area contributed by atoms with Crippen LogP contribution in [0.15, 0.2) is 24.3 Å². The summed E-state index contributed by atoms with van der Waals surface area (Å²) in [5.74, 6) is -0.150. The van der Waals surface area contributed by atoms with Gasteiger partial charge in [0.05, 0.1) is 0 Å². The molecule has 1 aliphatic heterocycles. The topological polar surface area (TPSA) is 15.3 Å². The van der Waals surface area contributed by atoms with Gasteiger partial charge in [-0.2, -0.15) is 0 Å². The van der Waals surface area contributed by atoms with Crippen molar-refractivity contribution in [3.05, 3.63) is 30.1 Å². The van der Waals surface area contributed by atoms with Crippen molar-refractivity contribution in [3.63, 3.8) is 0 Å². The zero-order valence-corrected chi connectivity index (χ0v) is 12.2. The van der Waals surface area contributed by atoms with Crippen molar-refractivity contribution in [1.29, 1.82) is 0 Å². The highest BCUT2D eigenvalue weighted by atomic mass is 19.1. The van der Waals surface area contributed by atoms with Crippen LogP contribution >= 0.6 is 0 Å². The van der Waals surface area contributed by atoms with Crippen LogP contribution < -0.4 is 10.2 Å². The van der Waals surface area contributed by atoms with Crippen molar-refractivity contribution in [2.75, 3.05) is 18.0 Å². The maximum Gasteiger partial charge on any atom is 0.123 e. The Bertz CT molecular complexity index is 412. The highest BCUT2D eigenvalue weighted by molar-refractivity contribution is 5.46. The molecule has 1 saturated heterocycles. The maximum atomic E-state index is 13.0. The van der Waals surface area contributed by atoms with Gasteiger partial charge >= 0.3 is 0 Å². The van der Waals surface area contributed by atoms with E-state index in [2.05, 4.69) is 10.2 Å². The first-order valence-electron chi connectivity index (χ1n) is 8.08. The summed E-state index contributed by atoms with van der Waals surface area (Å²) in [6.07, 6.45) is 9.35. The van der Waals surface area contributed by atoms with E-state index >= 15 is 0 Å². The number of hydrogen-bond donors (Lipinski definition) is 1. The molecule has 110 valence electrons. The largest absolute Gasteiger partial charge is 0.370 e. The molecule has 1 unspecified atom stereocenters. The minimum atomic E-state index is -0.150. The van der Waals surface area contributed by atoms with E-state index in [-0.39, 0.29) is 5.82 Å². The molecule has 20 heavy (non-hydrogen) atoms. The number of benzene rings is 1. The lowest BCUT2D eigenvalue weighted by molar-refractivity contribution is 0.312. The summed E-state index contributed by atoms with van der Waals surface area (Å²) in [6.45, 7) is 2.15. The van der Waals surface area contributed by atoms with Crippen LogP contribution in [0.4, 0.5) is 10.1 Å². The van der Waals surface area contributed by atoms with Gasteiger partial charge in [-0.3, -0.25) is 0 Å². The monoisotopic (exact) mass is 276 g/mol. The second-order valence-electron chi connectivity index (χ2n) is 6.26. The Morgan fingerprint density at radius 2 is 1.60 bits per heavy atom. The average Bonchev–Trinajstić information content (AvgIpc) is 2.49. The van der Waals surface area contributed by atoms with Gasteiger partial charge in [-0.15, -0.1) is 0 Å². The first-order valence-corrected chi connectivity index (χ1v) is 8.08. The highest BCUT2D eigenvalue weighted by Crippen LogP contribution is 2.23. The number of hydrogen-bond acceptors (Lipinski definition) is 2. The lowest BCUT2D eigenvalue weighted by Gasteiger charge is -2.37. The molecule has 0 amide bonds. The minimum absolute atomic E-state index is 0.150. The molecule has 1 atom stereocenters. The molecule has 2 nitrogen and oxygen atoms in total. The standard InChI is InChI=1S/C17H25FN2/c18-14-8-10-17(11-9-14)20-12-4-7-16(13-20)19-15-5-2-1-3-6-15/h8-11,15-16,19H,1-7,12-13H2. The number of halogens is 1. The van der Waals surface area contributed by atoms with Gasteiger partial charge in [0.15, 0.2) is 0 Å². The quantitative estimate of drug-likeness (QED) is 0.905. The van der Waals surface area contributed by atoms with Crippen molar-refractivity contribution in [3.8, 4) is 0 Å². The van der Waals surface area contributed by atoms with Crippen LogP contribution in [0.2, 0.25) is 0 Å². The summed E-state index contributed by atoms with van der Waals surface area (Å²) in [5.41, 5.74) is 1.15. The number of nitrogens with zero attached hydrogens (tertiary/aromatic N) is 1. The van der Waals surface area contributed by atoms with Crippen molar-refractivity contribution in [2.45, 2.75) is 57.0 Å². The second-order valence-corrected chi connectivity index (χ2v) is 6.26. The Balaban J connectivity index is 1.57. The molecular weight excluding hydrogens is 251 g/mol. The molecule has 1 aromatic rings. The van der Waals surface area contributed by atoms with Crippen LogP contribution in [0.1, 0.15) is 44.9 Å². The molecule has 3 rings (SSSR count). The van der Waals surface area contributed by atoms with E-state index in [1.54, 1.807) is 12.1 Å². The fraction of sp³-hybridized carbons (Fsp3) is 0.647. The van der Waals surface area contributed by atoms with Gasteiger partial charge in [-0.25, -0.2) is 4.39 Å². The van der Waals surface area contributed by atoms with Crippen molar-refractivity contribution >= 4 is 5.69 Å². The third-order valence-electron chi connectivity index (χ3n) is 4.69. The molecule has 3 heteroatoms. The molecule has 1 saturated carbocycles. The molecule has 0 spiro atoms. The third-order valence-corrected chi connectivity index (χ3v) is 4.69. The smallest absolute Gasteiger partial charge is 0.123 e. The Morgan fingerprint density at radius 3 is 2.35 bits per heavy atom. The van der Waals surface area contributed by atoms with E-state index < -0.39 is 0 Å². The summed E-state index contributed by atoms with van der Waals surface area (Å²) < 4.78 is 13.0. The molecule has 0 bridgehead atoms. The Kier molecular flexibility index (Phi) is 4.56. The summed E-state index contributed by atoms with van der Waals surface area (Å²) in [7, 11) is 0. The van der Waals surface area contributed by atoms with Gasteiger partial charge in [-0.1, -0.05) is 19.3 Å². The first-order chi connectivity index (χ1) is 9.81. The highest BCUT2D eigenvalue weighted by Gasteiger charge is 2.23. The number of piperidine rings is 1. The Labute approximate surface area is 121 Å². The van der Waals surface area contributed by atoms with Gasteiger partial charge in [0.2, 0.25) is 0 Å². The lowest BCUT2D eigenvalue weighted by Crippen LogP contribution is -2.49. The molecule has 2 aliphatic rings. The van der Waals surface area contributed by atoms with Gasteiger partial charge in [0.25, 0.3) is 0 Å². The fourth-order valence-electron chi connectivity index (χ4n) is 3.60. The van der Waals surface area contributed by atoms with E-state index in [1.165, 1.54) is 44.9 Å². The van der Waals surface area contributed by atoms with Crippen LogP contribution in [-0.4, -0.2) is 25.2 Å². The molecule has 1 heterocycles. The molecule has 1 N–H and O–H groups in total. The SMILES string of the molecule is Fc1ccc(N2CCCC(NC3CCCCC3)C2)cc1. The molecule has 0 radical (unpaired) electrons. The number of nitrogens with one attached hydrogen (secondary N) is 1. The maximum absolute atomic E-state index is 13.0. The van der Waals surface area contributed by atoms with Gasteiger partial charge in [-0.05, 0) is 49.9 Å². The van der Waals surface area contributed by atoms with Crippen molar-refractivity contribution in [2.24, 2.45) is 0 Å². The third kappa shape index (κ3) is 3.51. The predicted molar refractivity (Wildman–Crippen MR) is 81.6 cm³/mol. The molecule has 1 aromatic carbocycles. The van der Waals surface area contributed by atoms with Crippen LogP contribution in [0.5, 0.6) is 0 Å². The van der Waals surface area contributed by atoms with E-state index in [0.717, 1.165) is 24.8 Å². The van der Waals surface area contributed by atoms with E-state index in [1.807, 2.05) is 12.1 Å². The van der Waals surface area contributed by atoms with E-state index in [9.17, 15) is 4.39 Å². The lowest BCUT2D eigenvalue weighted by atomic mass is 9.93. The zero-order chi connectivity index (χ0) is 13.8. The first kappa shape index (κ1) is 13.9. The molecule has 0 aromatic heterocycles. The van der Waals surface area contributed by atoms with E-state index in [4.69, 9.17) is 0 Å².